The maximum absolute atomic E-state index is 12.4. The standard InChI is InChI=1S/C12H19Cl2N3O/c1-9(2)17-10(3)15-8-11(12(17)18)16(6-4-13)7-5-14/h8-9,15H,3-7H2,1-2H3. The van der Waals surface area contributed by atoms with E-state index in [1.165, 1.54) is 0 Å². The van der Waals surface area contributed by atoms with Gasteiger partial charge in [-0.3, -0.25) is 9.69 Å². The van der Waals surface area contributed by atoms with E-state index in [1.807, 2.05) is 18.7 Å². The van der Waals surface area contributed by atoms with Gasteiger partial charge in [-0.05, 0) is 13.8 Å². The third kappa shape index (κ3) is 3.33. The molecule has 1 aliphatic rings. The van der Waals surface area contributed by atoms with Gasteiger partial charge < -0.3 is 10.2 Å². The van der Waals surface area contributed by atoms with Crippen molar-refractivity contribution in [1.82, 2.24) is 15.1 Å². The number of amides is 1. The Bertz CT molecular complexity index is 349. The Morgan fingerprint density at radius 1 is 1.39 bits per heavy atom. The van der Waals surface area contributed by atoms with E-state index in [-0.39, 0.29) is 11.9 Å². The Hall–Kier alpha value is -0.870. The predicted molar refractivity (Wildman–Crippen MR) is 75.4 cm³/mol. The average Bonchev–Trinajstić information content (AvgIpc) is 2.28. The van der Waals surface area contributed by atoms with Crippen LogP contribution in [-0.2, 0) is 4.79 Å². The first-order valence-corrected chi connectivity index (χ1v) is 6.95. The highest BCUT2D eigenvalue weighted by Gasteiger charge is 2.29. The van der Waals surface area contributed by atoms with Gasteiger partial charge in [0.2, 0.25) is 0 Å². The van der Waals surface area contributed by atoms with Gasteiger partial charge >= 0.3 is 0 Å². The van der Waals surface area contributed by atoms with Crippen LogP contribution in [0.3, 0.4) is 0 Å². The first-order valence-electron chi connectivity index (χ1n) is 5.89. The fourth-order valence-corrected chi connectivity index (χ4v) is 2.27. The molecule has 1 aliphatic heterocycles. The van der Waals surface area contributed by atoms with Crippen molar-refractivity contribution in [3.05, 3.63) is 24.3 Å². The monoisotopic (exact) mass is 291 g/mol. The highest BCUT2D eigenvalue weighted by Crippen LogP contribution is 2.18. The predicted octanol–water partition coefficient (Wildman–Crippen LogP) is 1.92. The zero-order valence-corrected chi connectivity index (χ0v) is 12.3. The molecule has 1 heterocycles. The van der Waals surface area contributed by atoms with Gasteiger partial charge in [0.15, 0.2) is 0 Å². The fraction of sp³-hybridized carbons (Fsp3) is 0.583. The van der Waals surface area contributed by atoms with Gasteiger partial charge in [-0.2, -0.15) is 0 Å². The molecule has 18 heavy (non-hydrogen) atoms. The Labute approximate surface area is 118 Å². The minimum Gasteiger partial charge on any atom is -0.363 e. The highest BCUT2D eigenvalue weighted by molar-refractivity contribution is 6.18. The molecule has 4 nitrogen and oxygen atoms in total. The molecule has 0 radical (unpaired) electrons. The van der Waals surface area contributed by atoms with Gasteiger partial charge in [-0.1, -0.05) is 6.58 Å². The van der Waals surface area contributed by atoms with Crippen LogP contribution in [-0.4, -0.2) is 46.6 Å². The number of alkyl halides is 2. The van der Waals surface area contributed by atoms with Crippen LogP contribution in [0.4, 0.5) is 0 Å². The average molecular weight is 292 g/mol. The SMILES string of the molecule is C=C1NC=C(N(CCCl)CCCl)C(=O)N1C(C)C. The second kappa shape index (κ2) is 6.90. The number of halogens is 2. The molecule has 0 aromatic carbocycles. The van der Waals surface area contributed by atoms with Crippen molar-refractivity contribution in [2.45, 2.75) is 19.9 Å². The lowest BCUT2D eigenvalue weighted by Crippen LogP contribution is -2.48. The minimum absolute atomic E-state index is 0.0510. The number of hydrogen-bond donors (Lipinski definition) is 1. The van der Waals surface area contributed by atoms with Gasteiger partial charge in [-0.15, -0.1) is 23.2 Å². The number of nitrogens with zero attached hydrogens (tertiary/aromatic N) is 2. The van der Waals surface area contributed by atoms with Crippen LogP contribution in [0.15, 0.2) is 24.3 Å². The van der Waals surface area contributed by atoms with E-state index in [1.54, 1.807) is 11.1 Å². The second-order valence-electron chi connectivity index (χ2n) is 4.25. The Balaban J connectivity index is 2.93. The maximum Gasteiger partial charge on any atom is 0.277 e. The van der Waals surface area contributed by atoms with Crippen LogP contribution in [0.5, 0.6) is 0 Å². The van der Waals surface area contributed by atoms with Crippen LogP contribution in [0, 0.1) is 0 Å². The molecule has 0 fully saturated rings. The van der Waals surface area contributed by atoms with Crippen molar-refractivity contribution in [2.75, 3.05) is 24.8 Å². The van der Waals surface area contributed by atoms with E-state index < -0.39 is 0 Å². The van der Waals surface area contributed by atoms with E-state index in [2.05, 4.69) is 11.9 Å². The third-order valence-electron chi connectivity index (χ3n) is 2.67. The van der Waals surface area contributed by atoms with Crippen LogP contribution < -0.4 is 5.32 Å². The molecule has 0 saturated carbocycles. The molecule has 6 heteroatoms. The van der Waals surface area contributed by atoms with Crippen LogP contribution in [0.2, 0.25) is 0 Å². The first-order chi connectivity index (χ1) is 8.52. The summed E-state index contributed by atoms with van der Waals surface area (Å²) in [4.78, 5) is 15.9. The van der Waals surface area contributed by atoms with E-state index >= 15 is 0 Å². The summed E-state index contributed by atoms with van der Waals surface area (Å²) in [5, 5.41) is 3.01. The van der Waals surface area contributed by atoms with Gasteiger partial charge in [0.05, 0.1) is 0 Å². The summed E-state index contributed by atoms with van der Waals surface area (Å²) >= 11 is 11.5. The highest BCUT2D eigenvalue weighted by atomic mass is 35.5. The van der Waals surface area contributed by atoms with Gasteiger partial charge in [0.25, 0.3) is 5.91 Å². The molecule has 0 aromatic rings. The quantitative estimate of drug-likeness (QED) is 0.760. The third-order valence-corrected chi connectivity index (χ3v) is 3.01. The molecule has 0 saturated heterocycles. The summed E-state index contributed by atoms with van der Waals surface area (Å²) < 4.78 is 0. The topological polar surface area (TPSA) is 35.6 Å². The molecule has 0 unspecified atom stereocenters. The molecule has 0 atom stereocenters. The molecule has 1 amide bonds. The second-order valence-corrected chi connectivity index (χ2v) is 5.01. The van der Waals surface area contributed by atoms with Crippen LogP contribution in [0.25, 0.3) is 0 Å². The summed E-state index contributed by atoms with van der Waals surface area (Å²) in [5.74, 6) is 1.42. The van der Waals surface area contributed by atoms with E-state index in [0.717, 1.165) is 0 Å². The number of nitrogens with one attached hydrogen (secondary N) is 1. The van der Waals surface area contributed by atoms with Crippen molar-refractivity contribution in [3.63, 3.8) is 0 Å². The lowest BCUT2D eigenvalue weighted by molar-refractivity contribution is -0.129. The number of hydrogen-bond acceptors (Lipinski definition) is 3. The van der Waals surface area contributed by atoms with Crippen LogP contribution >= 0.6 is 23.2 Å². The molecule has 0 bridgehead atoms. The molecular formula is C12H19Cl2N3O. The normalized spacial score (nSPS) is 15.8. The number of carbonyl (C=O) groups is 1. The molecule has 102 valence electrons. The Morgan fingerprint density at radius 2 is 1.94 bits per heavy atom. The fourth-order valence-electron chi connectivity index (χ4n) is 1.86. The minimum atomic E-state index is -0.0658. The van der Waals surface area contributed by atoms with E-state index in [0.29, 0.717) is 36.4 Å². The molecule has 1 N–H and O–H groups in total. The van der Waals surface area contributed by atoms with Gasteiger partial charge in [0.1, 0.15) is 11.5 Å². The summed E-state index contributed by atoms with van der Waals surface area (Å²) in [7, 11) is 0. The molecule has 0 spiro atoms. The Kier molecular flexibility index (Phi) is 5.82. The van der Waals surface area contributed by atoms with E-state index in [4.69, 9.17) is 23.2 Å². The first kappa shape index (κ1) is 15.2. The van der Waals surface area contributed by atoms with Gasteiger partial charge in [-0.25, -0.2) is 0 Å². The lowest BCUT2D eigenvalue weighted by atomic mass is 10.2. The van der Waals surface area contributed by atoms with Crippen molar-refractivity contribution in [3.8, 4) is 0 Å². The molecular weight excluding hydrogens is 273 g/mol. The lowest BCUT2D eigenvalue weighted by Gasteiger charge is -2.36. The van der Waals surface area contributed by atoms with Crippen LogP contribution in [0.1, 0.15) is 13.8 Å². The molecule has 0 aromatic heterocycles. The van der Waals surface area contributed by atoms with Crippen molar-refractivity contribution in [2.24, 2.45) is 0 Å². The number of carbonyl (C=O) groups excluding carboxylic acids is 1. The summed E-state index contributed by atoms with van der Waals surface area (Å²) in [6.07, 6.45) is 1.67. The number of rotatable bonds is 6. The summed E-state index contributed by atoms with van der Waals surface area (Å²) in [6, 6.07) is 0.0510. The maximum atomic E-state index is 12.4. The van der Waals surface area contributed by atoms with E-state index in [9.17, 15) is 4.79 Å². The van der Waals surface area contributed by atoms with Crippen molar-refractivity contribution >= 4 is 29.1 Å². The summed E-state index contributed by atoms with van der Waals surface area (Å²) in [5.41, 5.74) is 0.581. The smallest absolute Gasteiger partial charge is 0.277 e. The summed E-state index contributed by atoms with van der Waals surface area (Å²) in [6.45, 7) is 8.90. The zero-order chi connectivity index (χ0) is 13.7. The molecule has 0 aliphatic carbocycles. The largest absolute Gasteiger partial charge is 0.363 e. The zero-order valence-electron chi connectivity index (χ0n) is 10.7. The van der Waals surface area contributed by atoms with Crippen molar-refractivity contribution in [1.29, 1.82) is 0 Å². The Morgan fingerprint density at radius 3 is 2.39 bits per heavy atom. The van der Waals surface area contributed by atoms with Crippen molar-refractivity contribution < 1.29 is 4.79 Å². The van der Waals surface area contributed by atoms with Gasteiger partial charge in [0, 0.05) is 37.1 Å². The molecule has 1 rings (SSSR count).